The van der Waals surface area contributed by atoms with Crippen LogP contribution in [0.15, 0.2) is 12.2 Å². The summed E-state index contributed by atoms with van der Waals surface area (Å²) >= 11 is 5.44. The van der Waals surface area contributed by atoms with Crippen molar-refractivity contribution < 1.29 is 4.79 Å². The molecular weight excluding hydrogens is 148 g/mol. The van der Waals surface area contributed by atoms with Crippen LogP contribution >= 0.6 is 11.6 Å². The quantitative estimate of drug-likeness (QED) is 0.343. The molecule has 2 heteroatoms. The van der Waals surface area contributed by atoms with Crippen LogP contribution in [0, 0.1) is 0 Å². The Morgan fingerprint density at radius 3 is 2.70 bits per heavy atom. The van der Waals surface area contributed by atoms with E-state index in [1.165, 1.54) is 0 Å². The minimum Gasteiger partial charge on any atom is -0.300 e. The Morgan fingerprint density at radius 1 is 1.50 bits per heavy atom. The summed E-state index contributed by atoms with van der Waals surface area (Å²) in [6, 6.07) is 0. The average Bonchev–Trinajstić information content (AvgIpc) is 1.87. The molecule has 0 aromatic rings. The normalized spacial score (nSPS) is 10.6. The number of allylic oxidation sites excluding steroid dienone is 2. The van der Waals surface area contributed by atoms with Crippen molar-refractivity contribution in [2.75, 3.05) is 5.88 Å². The molecule has 0 amide bonds. The first-order valence-electron chi connectivity index (χ1n) is 3.47. The van der Waals surface area contributed by atoms with Gasteiger partial charge in [0.05, 0.1) is 0 Å². The van der Waals surface area contributed by atoms with Crippen LogP contribution in [0.4, 0.5) is 0 Å². The van der Waals surface area contributed by atoms with Crippen LogP contribution in [0.5, 0.6) is 0 Å². The van der Waals surface area contributed by atoms with Crippen LogP contribution in [0.1, 0.15) is 26.2 Å². The Bertz CT molecular complexity index is 118. The summed E-state index contributed by atoms with van der Waals surface area (Å²) in [5, 5.41) is 0. The fourth-order valence-electron chi connectivity index (χ4n) is 0.562. The molecule has 0 aromatic carbocycles. The van der Waals surface area contributed by atoms with Gasteiger partial charge in [-0.1, -0.05) is 12.2 Å². The summed E-state index contributed by atoms with van der Waals surface area (Å²) < 4.78 is 0. The number of hydrogen-bond acceptors (Lipinski definition) is 1. The molecule has 0 saturated heterocycles. The lowest BCUT2D eigenvalue weighted by Crippen LogP contribution is -1.83. The van der Waals surface area contributed by atoms with E-state index in [0.29, 0.717) is 12.3 Å². The van der Waals surface area contributed by atoms with Gasteiger partial charge in [0.1, 0.15) is 5.78 Å². The third-order valence-electron chi connectivity index (χ3n) is 1.08. The summed E-state index contributed by atoms with van der Waals surface area (Å²) in [5.74, 6) is 0.909. The summed E-state index contributed by atoms with van der Waals surface area (Å²) in [6.07, 6.45) is 6.44. The van der Waals surface area contributed by atoms with Crippen molar-refractivity contribution in [1.82, 2.24) is 0 Å². The third-order valence-corrected chi connectivity index (χ3v) is 1.34. The molecule has 0 spiro atoms. The van der Waals surface area contributed by atoms with Gasteiger partial charge in [-0.3, -0.25) is 4.79 Å². The number of ketones is 1. The molecule has 0 atom stereocenters. The summed E-state index contributed by atoms with van der Waals surface area (Å²) in [7, 11) is 0. The van der Waals surface area contributed by atoms with Crippen LogP contribution in [-0.2, 0) is 4.79 Å². The van der Waals surface area contributed by atoms with Crippen LogP contribution < -0.4 is 0 Å². The molecule has 0 N–H and O–H groups in total. The number of carbonyl (C=O) groups is 1. The molecule has 0 bridgehead atoms. The van der Waals surface area contributed by atoms with Gasteiger partial charge >= 0.3 is 0 Å². The molecule has 0 unspecified atom stereocenters. The van der Waals surface area contributed by atoms with Crippen LogP contribution in [-0.4, -0.2) is 11.7 Å². The molecule has 0 aliphatic rings. The van der Waals surface area contributed by atoms with Gasteiger partial charge < -0.3 is 0 Å². The number of halogens is 1. The first-order chi connectivity index (χ1) is 4.77. The molecule has 58 valence electrons. The monoisotopic (exact) mass is 160 g/mol. The Hall–Kier alpha value is -0.300. The van der Waals surface area contributed by atoms with Crippen LogP contribution in [0.3, 0.4) is 0 Å². The number of carbonyl (C=O) groups excluding carboxylic acids is 1. The zero-order valence-corrected chi connectivity index (χ0v) is 7.03. The molecule has 10 heavy (non-hydrogen) atoms. The van der Waals surface area contributed by atoms with E-state index in [-0.39, 0.29) is 5.78 Å². The van der Waals surface area contributed by atoms with Crippen molar-refractivity contribution in [3.8, 4) is 0 Å². The maximum absolute atomic E-state index is 10.4. The highest BCUT2D eigenvalue weighted by Gasteiger charge is 1.84. The Balaban J connectivity index is 3.12. The number of Topliss-reactive ketones (excluding diaryl/α,β-unsaturated/α-hetero) is 1. The minimum atomic E-state index is 0.210. The van der Waals surface area contributed by atoms with E-state index in [0.717, 1.165) is 12.8 Å². The molecule has 0 saturated carbocycles. The largest absolute Gasteiger partial charge is 0.300 e. The second kappa shape index (κ2) is 6.81. The topological polar surface area (TPSA) is 17.1 Å². The zero-order valence-electron chi connectivity index (χ0n) is 6.27. The highest BCUT2D eigenvalue weighted by molar-refractivity contribution is 6.17. The van der Waals surface area contributed by atoms with Crippen molar-refractivity contribution in [1.29, 1.82) is 0 Å². The number of alkyl halides is 1. The maximum Gasteiger partial charge on any atom is 0.133 e. The Morgan fingerprint density at radius 2 is 2.20 bits per heavy atom. The Labute approximate surface area is 67.1 Å². The van der Waals surface area contributed by atoms with Crippen molar-refractivity contribution in [3.63, 3.8) is 0 Å². The van der Waals surface area contributed by atoms with Gasteiger partial charge in [0.25, 0.3) is 0 Å². The lowest BCUT2D eigenvalue weighted by Gasteiger charge is -1.86. The van der Waals surface area contributed by atoms with Crippen molar-refractivity contribution >= 4 is 17.4 Å². The molecule has 0 aromatic heterocycles. The van der Waals surface area contributed by atoms with Gasteiger partial charge in [-0.15, -0.1) is 11.6 Å². The first kappa shape index (κ1) is 9.70. The molecule has 0 aliphatic heterocycles. The first-order valence-corrected chi connectivity index (χ1v) is 4.01. The van der Waals surface area contributed by atoms with E-state index in [9.17, 15) is 4.79 Å². The van der Waals surface area contributed by atoms with Crippen LogP contribution in [0.25, 0.3) is 0 Å². The maximum atomic E-state index is 10.4. The highest BCUT2D eigenvalue weighted by atomic mass is 35.5. The molecule has 0 fully saturated rings. The number of hydrogen-bond donors (Lipinski definition) is 0. The molecule has 1 nitrogen and oxygen atoms in total. The van der Waals surface area contributed by atoms with E-state index in [1.807, 2.05) is 12.2 Å². The lowest BCUT2D eigenvalue weighted by atomic mass is 10.2. The van der Waals surface area contributed by atoms with Gasteiger partial charge in [-0.05, 0) is 19.8 Å². The van der Waals surface area contributed by atoms with Gasteiger partial charge in [0.15, 0.2) is 0 Å². The van der Waals surface area contributed by atoms with Gasteiger partial charge in [-0.25, -0.2) is 0 Å². The number of rotatable bonds is 5. The van der Waals surface area contributed by atoms with Crippen molar-refractivity contribution in [2.24, 2.45) is 0 Å². The third kappa shape index (κ3) is 7.70. The fraction of sp³-hybridized carbons (Fsp3) is 0.625. The highest BCUT2D eigenvalue weighted by Crippen LogP contribution is 1.94. The van der Waals surface area contributed by atoms with Crippen molar-refractivity contribution in [3.05, 3.63) is 12.2 Å². The lowest BCUT2D eigenvalue weighted by molar-refractivity contribution is -0.116. The van der Waals surface area contributed by atoms with E-state index in [2.05, 4.69) is 0 Å². The van der Waals surface area contributed by atoms with Gasteiger partial charge in [0, 0.05) is 12.3 Å². The molecule has 0 rings (SSSR count). The molecule has 0 aliphatic carbocycles. The average molecular weight is 161 g/mol. The molecule has 0 radical (unpaired) electrons. The minimum absolute atomic E-state index is 0.210. The molecular formula is C8H13ClO. The summed E-state index contributed by atoms with van der Waals surface area (Å²) in [6.45, 7) is 1.59. The van der Waals surface area contributed by atoms with E-state index in [1.54, 1.807) is 6.92 Å². The van der Waals surface area contributed by atoms with E-state index in [4.69, 9.17) is 11.6 Å². The van der Waals surface area contributed by atoms with Crippen LogP contribution in [0.2, 0.25) is 0 Å². The second-order valence-electron chi connectivity index (χ2n) is 2.21. The SMILES string of the molecule is CC(=O)CC=CCCCCl. The summed E-state index contributed by atoms with van der Waals surface area (Å²) in [4.78, 5) is 10.4. The standard InChI is InChI=1S/C8H13ClO/c1-8(10)6-4-2-3-5-7-9/h2,4H,3,5-7H2,1H3. The smallest absolute Gasteiger partial charge is 0.133 e. The molecule has 0 heterocycles. The fourth-order valence-corrected chi connectivity index (χ4v) is 0.716. The van der Waals surface area contributed by atoms with E-state index >= 15 is 0 Å². The predicted molar refractivity (Wildman–Crippen MR) is 44.4 cm³/mol. The van der Waals surface area contributed by atoms with E-state index < -0.39 is 0 Å². The van der Waals surface area contributed by atoms with Crippen molar-refractivity contribution in [2.45, 2.75) is 26.2 Å². The second-order valence-corrected chi connectivity index (χ2v) is 2.59. The van der Waals surface area contributed by atoms with Gasteiger partial charge in [-0.2, -0.15) is 0 Å². The van der Waals surface area contributed by atoms with Gasteiger partial charge in [0.2, 0.25) is 0 Å². The zero-order chi connectivity index (χ0) is 7.82. The number of unbranched alkanes of at least 4 members (excludes halogenated alkanes) is 1. The predicted octanol–water partition coefficient (Wildman–Crippen LogP) is 2.54. The Kier molecular flexibility index (Phi) is 6.61. The summed E-state index contributed by atoms with van der Waals surface area (Å²) in [5.41, 5.74) is 0.